The second-order valence-electron chi connectivity index (χ2n) is 5.77. The molecule has 0 radical (unpaired) electrons. The Morgan fingerprint density at radius 1 is 1.29 bits per heavy atom. The summed E-state index contributed by atoms with van der Waals surface area (Å²) in [4.78, 5) is 23.1. The summed E-state index contributed by atoms with van der Waals surface area (Å²) in [6, 6.07) is 7.62. The highest BCUT2D eigenvalue weighted by Gasteiger charge is 2.17. The second-order valence-corrected chi connectivity index (χ2v) is 6.91. The van der Waals surface area contributed by atoms with Crippen molar-refractivity contribution in [2.75, 3.05) is 0 Å². The Hall–Kier alpha value is -2.54. The Morgan fingerprint density at radius 3 is 3.04 bits per heavy atom. The number of thiophene rings is 1. The first-order valence-electron chi connectivity index (χ1n) is 8.02. The molecule has 1 amide bonds. The van der Waals surface area contributed by atoms with Crippen molar-refractivity contribution < 1.29 is 4.79 Å². The SMILES string of the molecule is O=C(NCc1nc(-c2ccccn2)n[nH]1)c1cc2c(s1)CCCC2. The van der Waals surface area contributed by atoms with Crippen molar-refractivity contribution in [3.63, 3.8) is 0 Å². The first kappa shape index (κ1) is 15.0. The number of pyridine rings is 1. The van der Waals surface area contributed by atoms with Gasteiger partial charge in [0.15, 0.2) is 5.82 Å². The third-order valence-corrected chi connectivity index (χ3v) is 5.30. The number of hydrogen-bond donors (Lipinski definition) is 2. The van der Waals surface area contributed by atoms with Crippen molar-refractivity contribution in [3.05, 3.63) is 51.6 Å². The number of amides is 1. The highest BCUT2D eigenvalue weighted by atomic mass is 32.1. The van der Waals surface area contributed by atoms with Crippen LogP contribution in [-0.2, 0) is 19.4 Å². The molecule has 0 fully saturated rings. The fraction of sp³-hybridized carbons (Fsp3) is 0.294. The number of aryl methyl sites for hydroxylation is 2. The lowest BCUT2D eigenvalue weighted by atomic mass is 9.99. The van der Waals surface area contributed by atoms with Crippen LogP contribution < -0.4 is 5.32 Å². The maximum atomic E-state index is 12.3. The van der Waals surface area contributed by atoms with Crippen molar-refractivity contribution in [2.24, 2.45) is 0 Å². The van der Waals surface area contributed by atoms with Crippen molar-refractivity contribution in [1.29, 1.82) is 0 Å². The Kier molecular flexibility index (Phi) is 4.08. The van der Waals surface area contributed by atoms with Crippen LogP contribution in [0.15, 0.2) is 30.5 Å². The smallest absolute Gasteiger partial charge is 0.261 e. The predicted octanol–water partition coefficient (Wildman–Crippen LogP) is 2.74. The minimum Gasteiger partial charge on any atom is -0.344 e. The number of aromatic nitrogens is 4. The van der Waals surface area contributed by atoms with Gasteiger partial charge in [0.1, 0.15) is 11.5 Å². The molecule has 6 nitrogen and oxygen atoms in total. The van der Waals surface area contributed by atoms with Gasteiger partial charge in [-0.3, -0.25) is 14.9 Å². The molecule has 1 aliphatic rings. The minimum atomic E-state index is -0.0508. The van der Waals surface area contributed by atoms with Gasteiger partial charge in [-0.05, 0) is 49.4 Å². The topological polar surface area (TPSA) is 83.6 Å². The van der Waals surface area contributed by atoms with Crippen LogP contribution in [0.3, 0.4) is 0 Å². The van der Waals surface area contributed by atoms with Crippen LogP contribution in [0.2, 0.25) is 0 Å². The van der Waals surface area contributed by atoms with E-state index in [1.807, 2.05) is 24.3 Å². The standard InChI is InChI=1S/C17H17N5OS/c23-17(14-9-11-5-1-2-7-13(11)24-14)19-10-15-20-16(22-21-15)12-6-3-4-8-18-12/h3-4,6,8-9H,1-2,5,7,10H2,(H,19,23)(H,20,21,22). The molecule has 0 spiro atoms. The fourth-order valence-electron chi connectivity index (χ4n) is 2.84. The number of carbonyl (C=O) groups excluding carboxylic acids is 1. The van der Waals surface area contributed by atoms with E-state index in [0.29, 0.717) is 23.9 Å². The van der Waals surface area contributed by atoms with Crippen molar-refractivity contribution in [1.82, 2.24) is 25.5 Å². The molecule has 2 N–H and O–H groups in total. The summed E-state index contributed by atoms with van der Waals surface area (Å²) in [7, 11) is 0. The molecule has 0 unspecified atom stereocenters. The zero-order valence-electron chi connectivity index (χ0n) is 13.1. The molecule has 0 saturated heterocycles. The second kappa shape index (κ2) is 6.52. The van der Waals surface area contributed by atoms with Gasteiger partial charge in [0.25, 0.3) is 5.91 Å². The van der Waals surface area contributed by atoms with Crippen molar-refractivity contribution in [3.8, 4) is 11.5 Å². The summed E-state index contributed by atoms with van der Waals surface area (Å²) in [5, 5.41) is 9.90. The number of nitrogens with one attached hydrogen (secondary N) is 2. The van der Waals surface area contributed by atoms with Gasteiger partial charge < -0.3 is 5.32 Å². The molecule has 1 aliphatic carbocycles. The van der Waals surface area contributed by atoms with E-state index in [2.05, 4.69) is 25.5 Å². The van der Waals surface area contributed by atoms with Gasteiger partial charge in [-0.2, -0.15) is 5.10 Å². The lowest BCUT2D eigenvalue weighted by Crippen LogP contribution is -2.22. The lowest BCUT2D eigenvalue weighted by molar-refractivity contribution is 0.0954. The zero-order valence-corrected chi connectivity index (χ0v) is 13.9. The molecular formula is C17H17N5OS. The number of hydrogen-bond acceptors (Lipinski definition) is 5. The van der Waals surface area contributed by atoms with Crippen LogP contribution in [0.25, 0.3) is 11.5 Å². The van der Waals surface area contributed by atoms with Crippen LogP contribution >= 0.6 is 11.3 Å². The Bertz CT molecular complexity index is 832. The molecule has 4 rings (SSSR count). The molecule has 0 aromatic carbocycles. The van der Waals surface area contributed by atoms with E-state index in [9.17, 15) is 4.79 Å². The van der Waals surface area contributed by atoms with E-state index in [-0.39, 0.29) is 5.91 Å². The molecule has 122 valence electrons. The van der Waals surface area contributed by atoms with Gasteiger partial charge in [-0.25, -0.2) is 4.98 Å². The van der Waals surface area contributed by atoms with Crippen molar-refractivity contribution >= 4 is 17.2 Å². The number of aromatic amines is 1. The number of nitrogens with zero attached hydrogens (tertiary/aromatic N) is 3. The lowest BCUT2D eigenvalue weighted by Gasteiger charge is -2.08. The largest absolute Gasteiger partial charge is 0.344 e. The van der Waals surface area contributed by atoms with Crippen LogP contribution in [0.1, 0.15) is 38.8 Å². The molecule has 0 aliphatic heterocycles. The maximum Gasteiger partial charge on any atom is 0.261 e. The van der Waals surface area contributed by atoms with E-state index < -0.39 is 0 Å². The molecule has 0 atom stereocenters. The summed E-state index contributed by atoms with van der Waals surface area (Å²) < 4.78 is 0. The number of H-pyrrole nitrogens is 1. The summed E-state index contributed by atoms with van der Waals surface area (Å²) in [6.07, 6.45) is 6.34. The number of carbonyl (C=O) groups is 1. The zero-order chi connectivity index (χ0) is 16.4. The fourth-order valence-corrected chi connectivity index (χ4v) is 4.01. The van der Waals surface area contributed by atoms with E-state index in [0.717, 1.165) is 17.7 Å². The normalized spacial score (nSPS) is 13.5. The Balaban J connectivity index is 1.41. The Morgan fingerprint density at radius 2 is 2.21 bits per heavy atom. The third-order valence-electron chi connectivity index (χ3n) is 4.06. The van der Waals surface area contributed by atoms with Gasteiger partial charge in [0.2, 0.25) is 0 Å². The van der Waals surface area contributed by atoms with E-state index in [4.69, 9.17) is 0 Å². The van der Waals surface area contributed by atoms with Gasteiger partial charge in [0.05, 0.1) is 11.4 Å². The Labute approximate surface area is 143 Å². The van der Waals surface area contributed by atoms with Gasteiger partial charge in [-0.15, -0.1) is 11.3 Å². The van der Waals surface area contributed by atoms with Crippen LogP contribution in [0, 0.1) is 0 Å². The quantitative estimate of drug-likeness (QED) is 0.765. The summed E-state index contributed by atoms with van der Waals surface area (Å²) in [6.45, 7) is 0.321. The summed E-state index contributed by atoms with van der Waals surface area (Å²) in [5.74, 6) is 1.10. The maximum absolute atomic E-state index is 12.3. The highest BCUT2D eigenvalue weighted by molar-refractivity contribution is 7.14. The highest BCUT2D eigenvalue weighted by Crippen LogP contribution is 2.29. The number of fused-ring (bicyclic) bond motifs is 1. The first-order chi connectivity index (χ1) is 11.8. The molecule has 3 aromatic heterocycles. The molecular weight excluding hydrogens is 322 g/mol. The average Bonchev–Trinajstić information content (AvgIpc) is 3.27. The predicted molar refractivity (Wildman–Crippen MR) is 91.7 cm³/mol. The monoisotopic (exact) mass is 339 g/mol. The van der Waals surface area contributed by atoms with Crippen LogP contribution in [0.4, 0.5) is 0 Å². The molecule has 3 aromatic rings. The van der Waals surface area contributed by atoms with Crippen molar-refractivity contribution in [2.45, 2.75) is 32.2 Å². The van der Waals surface area contributed by atoms with Gasteiger partial charge in [-0.1, -0.05) is 6.07 Å². The number of rotatable bonds is 4. The van der Waals surface area contributed by atoms with E-state index in [1.54, 1.807) is 17.5 Å². The molecule has 0 saturated carbocycles. The summed E-state index contributed by atoms with van der Waals surface area (Å²) in [5.41, 5.74) is 2.05. The summed E-state index contributed by atoms with van der Waals surface area (Å²) >= 11 is 1.61. The average molecular weight is 339 g/mol. The van der Waals surface area contributed by atoms with Crippen LogP contribution in [0.5, 0.6) is 0 Å². The van der Waals surface area contributed by atoms with Gasteiger partial charge >= 0.3 is 0 Å². The molecule has 0 bridgehead atoms. The first-order valence-corrected chi connectivity index (χ1v) is 8.84. The van der Waals surface area contributed by atoms with Crippen LogP contribution in [-0.4, -0.2) is 26.1 Å². The van der Waals surface area contributed by atoms with E-state index >= 15 is 0 Å². The minimum absolute atomic E-state index is 0.0508. The molecule has 7 heteroatoms. The molecule has 24 heavy (non-hydrogen) atoms. The molecule has 3 heterocycles. The van der Waals surface area contributed by atoms with Gasteiger partial charge in [0, 0.05) is 11.1 Å². The van der Waals surface area contributed by atoms with E-state index in [1.165, 1.54) is 23.3 Å². The third kappa shape index (κ3) is 3.07.